The first-order chi connectivity index (χ1) is 10.7. The number of amides is 3. The molecule has 2 N–H and O–H groups in total. The van der Waals surface area contributed by atoms with Gasteiger partial charge >= 0.3 is 12.0 Å². The molecule has 1 heterocycles. The Morgan fingerprint density at radius 1 is 1.26 bits per heavy atom. The lowest BCUT2D eigenvalue weighted by Gasteiger charge is -2.36. The summed E-state index contributed by atoms with van der Waals surface area (Å²) in [5, 5.41) is 11.8. The summed E-state index contributed by atoms with van der Waals surface area (Å²) in [6, 6.07) is -0.325. The zero-order valence-electron chi connectivity index (χ0n) is 14.5. The first-order valence-corrected chi connectivity index (χ1v) is 8.27. The van der Waals surface area contributed by atoms with Gasteiger partial charge < -0.3 is 20.2 Å². The zero-order chi connectivity index (χ0) is 17.6. The second kappa shape index (κ2) is 8.74. The number of nitrogens with zero attached hydrogens (tertiary/aromatic N) is 2. The number of carbonyl (C=O) groups excluding carboxylic acids is 2. The summed E-state index contributed by atoms with van der Waals surface area (Å²) in [7, 11) is 0. The summed E-state index contributed by atoms with van der Waals surface area (Å²) in [6.07, 6.45) is 1.44. The van der Waals surface area contributed by atoms with Crippen LogP contribution in [0.15, 0.2) is 0 Å². The molecule has 0 radical (unpaired) electrons. The second-order valence-corrected chi connectivity index (χ2v) is 6.82. The first-order valence-electron chi connectivity index (χ1n) is 8.27. The van der Waals surface area contributed by atoms with E-state index in [4.69, 9.17) is 5.11 Å². The molecule has 1 aliphatic heterocycles. The van der Waals surface area contributed by atoms with Crippen molar-refractivity contribution in [2.75, 3.05) is 26.2 Å². The molecule has 0 aromatic heterocycles. The van der Waals surface area contributed by atoms with Gasteiger partial charge in [-0.25, -0.2) is 4.79 Å². The van der Waals surface area contributed by atoms with E-state index in [2.05, 4.69) is 5.32 Å². The van der Waals surface area contributed by atoms with Crippen LogP contribution in [-0.4, -0.2) is 65.0 Å². The van der Waals surface area contributed by atoms with E-state index in [0.29, 0.717) is 32.0 Å². The van der Waals surface area contributed by atoms with Crippen LogP contribution in [-0.2, 0) is 9.59 Å². The standard InChI is InChI=1S/C16H29N3O4/c1-11(2)8-17-16(23)18-7-5-6-13(9-18)15(22)19(12(3)4)10-14(20)21/h11-13H,5-10H2,1-4H3,(H,17,23)(H,20,21). The van der Waals surface area contributed by atoms with E-state index < -0.39 is 5.97 Å². The molecule has 1 saturated heterocycles. The van der Waals surface area contributed by atoms with Gasteiger partial charge in [-0.05, 0) is 32.6 Å². The number of aliphatic carboxylic acids is 1. The SMILES string of the molecule is CC(C)CNC(=O)N1CCCC(C(=O)N(CC(=O)O)C(C)C)C1. The van der Waals surface area contributed by atoms with Crippen LogP contribution in [0.4, 0.5) is 4.79 Å². The van der Waals surface area contributed by atoms with Crippen molar-refractivity contribution in [2.24, 2.45) is 11.8 Å². The molecule has 0 aromatic carbocycles. The minimum Gasteiger partial charge on any atom is -0.480 e. The van der Waals surface area contributed by atoms with E-state index in [0.717, 1.165) is 6.42 Å². The third-order valence-corrected chi connectivity index (χ3v) is 3.93. The lowest BCUT2D eigenvalue weighted by Crippen LogP contribution is -2.51. The van der Waals surface area contributed by atoms with Crippen molar-refractivity contribution in [2.45, 2.75) is 46.6 Å². The Balaban J connectivity index is 2.67. The predicted molar refractivity (Wildman–Crippen MR) is 87.0 cm³/mol. The second-order valence-electron chi connectivity index (χ2n) is 6.82. The molecule has 0 aromatic rings. The van der Waals surface area contributed by atoms with Crippen LogP contribution in [0.3, 0.4) is 0 Å². The molecule has 1 rings (SSSR count). The number of carboxylic acid groups (broad SMARTS) is 1. The summed E-state index contributed by atoms with van der Waals surface area (Å²) in [4.78, 5) is 38.8. The quantitative estimate of drug-likeness (QED) is 0.771. The highest BCUT2D eigenvalue weighted by Gasteiger charge is 2.32. The van der Waals surface area contributed by atoms with E-state index in [-0.39, 0.29) is 30.4 Å². The summed E-state index contributed by atoms with van der Waals surface area (Å²) in [5.74, 6) is -1.15. The fourth-order valence-electron chi connectivity index (χ4n) is 2.66. The highest BCUT2D eigenvalue weighted by Crippen LogP contribution is 2.20. The van der Waals surface area contributed by atoms with E-state index in [1.54, 1.807) is 18.7 Å². The molecular weight excluding hydrogens is 298 g/mol. The van der Waals surface area contributed by atoms with Gasteiger partial charge in [0.25, 0.3) is 0 Å². The minimum absolute atomic E-state index is 0.148. The number of hydrogen-bond donors (Lipinski definition) is 2. The van der Waals surface area contributed by atoms with Crippen molar-refractivity contribution < 1.29 is 19.5 Å². The highest BCUT2D eigenvalue weighted by atomic mass is 16.4. The van der Waals surface area contributed by atoms with Gasteiger partial charge in [0, 0.05) is 25.7 Å². The van der Waals surface area contributed by atoms with Crippen molar-refractivity contribution in [3.63, 3.8) is 0 Å². The van der Waals surface area contributed by atoms with Crippen molar-refractivity contribution in [3.05, 3.63) is 0 Å². The molecule has 7 nitrogen and oxygen atoms in total. The van der Waals surface area contributed by atoms with Crippen LogP contribution >= 0.6 is 0 Å². The number of piperidine rings is 1. The van der Waals surface area contributed by atoms with Crippen molar-refractivity contribution in [1.82, 2.24) is 15.1 Å². The molecule has 0 aliphatic carbocycles. The number of carboxylic acids is 1. The normalized spacial score (nSPS) is 18.2. The van der Waals surface area contributed by atoms with Crippen molar-refractivity contribution in [1.29, 1.82) is 0 Å². The molecular formula is C16H29N3O4. The molecule has 1 unspecified atom stereocenters. The van der Waals surface area contributed by atoms with Gasteiger partial charge in [0.15, 0.2) is 0 Å². The Labute approximate surface area is 138 Å². The molecule has 7 heteroatoms. The molecule has 1 aliphatic rings. The number of hydrogen-bond acceptors (Lipinski definition) is 3. The van der Waals surface area contributed by atoms with E-state index in [1.165, 1.54) is 4.90 Å². The maximum Gasteiger partial charge on any atom is 0.323 e. The van der Waals surface area contributed by atoms with Gasteiger partial charge in [0.2, 0.25) is 5.91 Å². The fraction of sp³-hybridized carbons (Fsp3) is 0.812. The number of likely N-dealkylation sites (tertiary alicyclic amines) is 1. The molecule has 0 bridgehead atoms. The van der Waals surface area contributed by atoms with Crippen LogP contribution in [0.1, 0.15) is 40.5 Å². The van der Waals surface area contributed by atoms with Crippen molar-refractivity contribution in [3.8, 4) is 0 Å². The number of nitrogens with one attached hydrogen (secondary N) is 1. The zero-order valence-corrected chi connectivity index (χ0v) is 14.5. The van der Waals surface area contributed by atoms with Crippen LogP contribution < -0.4 is 5.32 Å². The van der Waals surface area contributed by atoms with Gasteiger partial charge in [0.1, 0.15) is 6.54 Å². The summed E-state index contributed by atoms with van der Waals surface area (Å²) in [6.45, 7) is 8.94. The summed E-state index contributed by atoms with van der Waals surface area (Å²) in [5.41, 5.74) is 0. The van der Waals surface area contributed by atoms with Crippen molar-refractivity contribution >= 4 is 17.9 Å². The van der Waals surface area contributed by atoms with Gasteiger partial charge in [0.05, 0.1) is 5.92 Å². The minimum atomic E-state index is -1.02. The number of urea groups is 1. The number of carbonyl (C=O) groups is 3. The smallest absolute Gasteiger partial charge is 0.323 e. The van der Waals surface area contributed by atoms with Gasteiger partial charge in [-0.3, -0.25) is 9.59 Å². The Bertz CT molecular complexity index is 437. The summed E-state index contributed by atoms with van der Waals surface area (Å²) < 4.78 is 0. The first kappa shape index (κ1) is 19.3. The third kappa shape index (κ3) is 6.08. The maximum atomic E-state index is 12.6. The Kier molecular flexibility index (Phi) is 7.32. The average Bonchev–Trinajstić information content (AvgIpc) is 2.49. The predicted octanol–water partition coefficient (Wildman–Crippen LogP) is 1.39. The monoisotopic (exact) mass is 327 g/mol. The molecule has 1 fully saturated rings. The molecule has 132 valence electrons. The van der Waals surface area contributed by atoms with Crippen LogP contribution in [0.5, 0.6) is 0 Å². The van der Waals surface area contributed by atoms with E-state index in [1.807, 2.05) is 13.8 Å². The van der Waals surface area contributed by atoms with E-state index >= 15 is 0 Å². The van der Waals surface area contributed by atoms with Gasteiger partial charge in [-0.2, -0.15) is 0 Å². The number of rotatable bonds is 6. The topological polar surface area (TPSA) is 90.0 Å². The molecule has 0 spiro atoms. The molecule has 0 saturated carbocycles. The Morgan fingerprint density at radius 3 is 2.43 bits per heavy atom. The highest BCUT2D eigenvalue weighted by molar-refractivity contribution is 5.84. The fourth-order valence-corrected chi connectivity index (χ4v) is 2.66. The molecule has 3 amide bonds. The molecule has 1 atom stereocenters. The van der Waals surface area contributed by atoms with Crippen LogP contribution in [0.2, 0.25) is 0 Å². The lowest BCUT2D eigenvalue weighted by molar-refractivity contribution is -0.148. The molecule has 23 heavy (non-hydrogen) atoms. The van der Waals surface area contributed by atoms with E-state index in [9.17, 15) is 14.4 Å². The van der Waals surface area contributed by atoms with Gasteiger partial charge in [-0.15, -0.1) is 0 Å². The van der Waals surface area contributed by atoms with Crippen LogP contribution in [0, 0.1) is 11.8 Å². The van der Waals surface area contributed by atoms with Crippen LogP contribution in [0.25, 0.3) is 0 Å². The Morgan fingerprint density at radius 2 is 1.91 bits per heavy atom. The maximum absolute atomic E-state index is 12.6. The summed E-state index contributed by atoms with van der Waals surface area (Å²) >= 11 is 0. The Hall–Kier alpha value is -1.79. The average molecular weight is 327 g/mol. The van der Waals surface area contributed by atoms with Gasteiger partial charge in [-0.1, -0.05) is 13.8 Å². The third-order valence-electron chi connectivity index (χ3n) is 3.93. The lowest BCUT2D eigenvalue weighted by atomic mass is 9.96. The largest absolute Gasteiger partial charge is 0.480 e.